The van der Waals surface area contributed by atoms with Crippen molar-refractivity contribution in [2.75, 3.05) is 31.1 Å². The second-order valence-electron chi connectivity index (χ2n) is 8.44. The molecule has 0 spiro atoms. The molecule has 1 aliphatic carbocycles. The third-order valence-electron chi connectivity index (χ3n) is 6.05. The van der Waals surface area contributed by atoms with E-state index in [1.165, 1.54) is 0 Å². The lowest BCUT2D eigenvalue weighted by Crippen LogP contribution is -2.46. The third kappa shape index (κ3) is 4.22. The first-order chi connectivity index (χ1) is 15.5. The van der Waals surface area contributed by atoms with Gasteiger partial charge in [-0.15, -0.1) is 0 Å². The van der Waals surface area contributed by atoms with Crippen LogP contribution in [0.2, 0.25) is 0 Å². The Morgan fingerprint density at radius 1 is 1.19 bits per heavy atom. The Hall–Kier alpha value is -3.27. The lowest BCUT2D eigenvalue weighted by Gasteiger charge is -2.35. The molecule has 168 valence electrons. The number of fused-ring (bicyclic) bond motifs is 1. The first-order valence-electron chi connectivity index (χ1n) is 11.0. The Morgan fingerprint density at radius 3 is 2.66 bits per heavy atom. The molecule has 2 aliphatic rings. The lowest BCUT2D eigenvalue weighted by molar-refractivity contribution is 0.0945. The van der Waals surface area contributed by atoms with Gasteiger partial charge in [-0.05, 0) is 31.4 Å². The minimum Gasteiger partial charge on any atom is -0.365 e. The van der Waals surface area contributed by atoms with Crippen LogP contribution in [-0.4, -0.2) is 62.4 Å². The highest BCUT2D eigenvalue weighted by molar-refractivity contribution is 5.92. The van der Waals surface area contributed by atoms with Gasteiger partial charge in [-0.3, -0.25) is 23.9 Å². The molecule has 1 amide bonds. The summed E-state index contributed by atoms with van der Waals surface area (Å²) in [6, 6.07) is 3.44. The monoisotopic (exact) mass is 439 g/mol. The Kier molecular flexibility index (Phi) is 5.38. The number of aryl methyl sites for hydroxylation is 1. The lowest BCUT2D eigenvalue weighted by atomic mass is 10.2. The summed E-state index contributed by atoms with van der Waals surface area (Å²) in [5.41, 5.74) is 2.04. The van der Waals surface area contributed by atoms with Gasteiger partial charge < -0.3 is 10.2 Å². The molecule has 2 fully saturated rings. The fraction of sp³-hybridized carbons (Fsp3) is 0.455. The van der Waals surface area contributed by atoms with E-state index in [0.29, 0.717) is 37.5 Å². The van der Waals surface area contributed by atoms with Crippen molar-refractivity contribution in [2.45, 2.75) is 38.8 Å². The number of pyridine rings is 1. The van der Waals surface area contributed by atoms with Crippen molar-refractivity contribution >= 4 is 17.4 Å². The van der Waals surface area contributed by atoms with Crippen LogP contribution in [-0.2, 0) is 13.0 Å². The number of amides is 1. The van der Waals surface area contributed by atoms with Crippen LogP contribution in [0.1, 0.15) is 41.5 Å². The summed E-state index contributed by atoms with van der Waals surface area (Å²) in [5.74, 6) is -0.389. The second kappa shape index (κ2) is 8.34. The summed E-state index contributed by atoms with van der Waals surface area (Å²) in [5, 5.41) is 2.83. The maximum absolute atomic E-state index is 14.6. The summed E-state index contributed by atoms with van der Waals surface area (Å²) in [6.07, 6.45) is 6.38. The number of carbonyl (C=O) groups is 1. The number of nitrogens with zero attached hydrogens (tertiary/aromatic N) is 5. The van der Waals surface area contributed by atoms with E-state index in [-0.39, 0.29) is 23.2 Å². The third-order valence-corrected chi connectivity index (χ3v) is 6.05. The van der Waals surface area contributed by atoms with E-state index in [2.05, 4.69) is 25.2 Å². The van der Waals surface area contributed by atoms with Crippen LogP contribution >= 0.6 is 0 Å². The van der Waals surface area contributed by atoms with Gasteiger partial charge in [0.25, 0.3) is 11.5 Å². The maximum atomic E-state index is 14.6. The highest BCUT2D eigenvalue weighted by Crippen LogP contribution is 2.22. The predicted octanol–water partition coefficient (Wildman–Crippen LogP) is 1.33. The van der Waals surface area contributed by atoms with Crippen molar-refractivity contribution < 1.29 is 9.18 Å². The molecular formula is C22H26FN7O2. The second-order valence-corrected chi connectivity index (χ2v) is 8.44. The van der Waals surface area contributed by atoms with Gasteiger partial charge in [0.05, 0.1) is 11.4 Å². The summed E-state index contributed by atoms with van der Waals surface area (Å²) in [6.45, 7) is 5.39. The number of nitrogens with one attached hydrogen (secondary N) is 2. The number of carbonyl (C=O) groups excluding carboxylic acids is 1. The highest BCUT2D eigenvalue weighted by atomic mass is 19.1. The zero-order valence-electron chi connectivity index (χ0n) is 18.0. The van der Waals surface area contributed by atoms with Crippen LogP contribution in [0.15, 0.2) is 29.3 Å². The van der Waals surface area contributed by atoms with E-state index < -0.39 is 5.95 Å². The molecule has 1 aliphatic heterocycles. The molecule has 1 saturated carbocycles. The number of H-pyrrole nitrogens is 1. The minimum absolute atomic E-state index is 0.0996. The largest absolute Gasteiger partial charge is 0.365 e. The molecule has 32 heavy (non-hydrogen) atoms. The number of piperazine rings is 1. The smallest absolute Gasteiger partial charge is 0.270 e. The molecular weight excluding hydrogens is 413 g/mol. The summed E-state index contributed by atoms with van der Waals surface area (Å²) in [7, 11) is 0. The van der Waals surface area contributed by atoms with E-state index >= 15 is 0 Å². The number of anilines is 1. The topological polar surface area (TPSA) is 98.6 Å². The molecule has 0 bridgehead atoms. The van der Waals surface area contributed by atoms with Crippen LogP contribution in [0.4, 0.5) is 10.1 Å². The molecule has 9 nitrogen and oxygen atoms in total. The molecule has 0 atom stereocenters. The molecule has 3 aromatic heterocycles. The molecule has 4 heterocycles. The van der Waals surface area contributed by atoms with Crippen LogP contribution in [0.25, 0.3) is 5.78 Å². The number of hydrogen-bond acceptors (Lipinski definition) is 6. The zero-order chi connectivity index (χ0) is 22.2. The Morgan fingerprint density at radius 2 is 1.97 bits per heavy atom. The SMILES string of the molecule is CCc1cn2cc(CN3CCN(c4ccc(C(=O)NC5CC5)nc4F)CC3)nc2[nH]c1=O. The van der Waals surface area contributed by atoms with E-state index in [9.17, 15) is 14.0 Å². The minimum atomic E-state index is -0.613. The first kappa shape index (κ1) is 20.6. The quantitative estimate of drug-likeness (QED) is 0.563. The molecule has 2 N–H and O–H groups in total. The Labute approximate surface area is 184 Å². The fourth-order valence-corrected chi connectivity index (χ4v) is 4.02. The highest BCUT2D eigenvalue weighted by Gasteiger charge is 2.26. The number of rotatable bonds is 6. The van der Waals surface area contributed by atoms with Crippen molar-refractivity contribution in [2.24, 2.45) is 0 Å². The Bertz CT molecular complexity index is 1210. The van der Waals surface area contributed by atoms with Gasteiger partial charge in [-0.2, -0.15) is 4.39 Å². The van der Waals surface area contributed by atoms with Crippen LogP contribution in [0.3, 0.4) is 0 Å². The number of halogens is 1. The van der Waals surface area contributed by atoms with Gasteiger partial charge in [-0.25, -0.2) is 9.97 Å². The molecule has 0 aromatic carbocycles. The fourth-order valence-electron chi connectivity index (χ4n) is 4.02. The number of imidazole rings is 1. The number of aromatic nitrogens is 4. The first-order valence-corrected chi connectivity index (χ1v) is 11.0. The van der Waals surface area contributed by atoms with E-state index in [1.807, 2.05) is 28.6 Å². The van der Waals surface area contributed by atoms with Gasteiger partial charge >= 0.3 is 0 Å². The van der Waals surface area contributed by atoms with Crippen molar-refractivity contribution in [3.8, 4) is 0 Å². The number of hydrogen-bond donors (Lipinski definition) is 2. The summed E-state index contributed by atoms with van der Waals surface area (Å²) >= 11 is 0. The standard InChI is InChI=1S/C22H26FN7O2/c1-2-14-11-30-13-16(25-22(30)27-20(14)31)12-28-7-9-29(10-8-28)18-6-5-17(26-19(18)23)21(32)24-15-3-4-15/h5-6,11,13,15H,2-4,7-10,12H2,1H3,(H,24,32)(H,25,27,31). The maximum Gasteiger partial charge on any atom is 0.270 e. The summed E-state index contributed by atoms with van der Waals surface area (Å²) < 4.78 is 16.5. The molecule has 10 heteroatoms. The normalized spacial score (nSPS) is 17.1. The molecule has 1 saturated heterocycles. The van der Waals surface area contributed by atoms with E-state index in [0.717, 1.165) is 37.2 Å². The summed E-state index contributed by atoms with van der Waals surface area (Å²) in [4.78, 5) is 39.5. The molecule has 3 aromatic rings. The van der Waals surface area contributed by atoms with Crippen LogP contribution in [0, 0.1) is 5.95 Å². The van der Waals surface area contributed by atoms with Crippen LogP contribution < -0.4 is 15.8 Å². The van der Waals surface area contributed by atoms with Crippen molar-refractivity contribution in [3.63, 3.8) is 0 Å². The predicted molar refractivity (Wildman–Crippen MR) is 117 cm³/mol. The van der Waals surface area contributed by atoms with Crippen molar-refractivity contribution in [3.05, 3.63) is 57.8 Å². The van der Waals surface area contributed by atoms with Gasteiger partial charge in [0.15, 0.2) is 0 Å². The number of aromatic amines is 1. The van der Waals surface area contributed by atoms with Gasteiger partial charge in [0.2, 0.25) is 11.7 Å². The van der Waals surface area contributed by atoms with E-state index in [4.69, 9.17) is 0 Å². The zero-order valence-corrected chi connectivity index (χ0v) is 18.0. The average molecular weight is 439 g/mol. The van der Waals surface area contributed by atoms with Gasteiger partial charge in [0.1, 0.15) is 5.69 Å². The molecule has 0 radical (unpaired) electrons. The average Bonchev–Trinajstić information content (AvgIpc) is 3.51. The van der Waals surface area contributed by atoms with Crippen molar-refractivity contribution in [1.29, 1.82) is 0 Å². The van der Waals surface area contributed by atoms with Crippen LogP contribution in [0.5, 0.6) is 0 Å². The van der Waals surface area contributed by atoms with Gasteiger partial charge in [0, 0.05) is 56.7 Å². The van der Waals surface area contributed by atoms with Gasteiger partial charge in [-0.1, -0.05) is 6.92 Å². The Balaban J connectivity index is 1.21. The van der Waals surface area contributed by atoms with Crippen molar-refractivity contribution in [1.82, 2.24) is 29.6 Å². The molecule has 0 unspecified atom stereocenters. The van der Waals surface area contributed by atoms with E-state index in [1.54, 1.807) is 12.1 Å². The molecule has 5 rings (SSSR count).